The molecule has 3 aliphatic rings. The molecule has 0 aliphatic carbocycles. The third kappa shape index (κ3) is 4.10. The van der Waals surface area contributed by atoms with Crippen molar-refractivity contribution in [2.75, 3.05) is 38.9 Å². The van der Waals surface area contributed by atoms with E-state index in [2.05, 4.69) is 20.8 Å². The fourth-order valence-corrected chi connectivity index (χ4v) is 4.53. The lowest BCUT2D eigenvalue weighted by Crippen LogP contribution is -2.35. The van der Waals surface area contributed by atoms with Crippen LogP contribution in [0.2, 0.25) is 0 Å². The van der Waals surface area contributed by atoms with Gasteiger partial charge in [0.25, 0.3) is 0 Å². The highest BCUT2D eigenvalue weighted by Gasteiger charge is 2.51. The van der Waals surface area contributed by atoms with Crippen molar-refractivity contribution in [1.29, 1.82) is 0 Å². The summed E-state index contributed by atoms with van der Waals surface area (Å²) in [5, 5.41) is 15.0. The Balaban J connectivity index is 1.14. The van der Waals surface area contributed by atoms with E-state index in [1.54, 1.807) is 36.1 Å². The Morgan fingerprint density at radius 1 is 1.06 bits per heavy atom. The Morgan fingerprint density at radius 3 is 2.80 bits per heavy atom. The zero-order chi connectivity index (χ0) is 23.8. The average Bonchev–Trinajstić information content (AvgIpc) is 3.61. The minimum Gasteiger partial charge on any atom is -0.497 e. The number of carbonyl (C=O) groups is 1. The van der Waals surface area contributed by atoms with Gasteiger partial charge in [0.15, 0.2) is 23.4 Å². The molecule has 3 aliphatic heterocycles. The number of aromatic nitrogens is 4. The fraction of sp³-hybridized carbons (Fsp3) is 0.391. The topological polar surface area (TPSA) is 128 Å². The molecule has 4 atom stereocenters. The van der Waals surface area contributed by atoms with Gasteiger partial charge in [0.05, 0.1) is 20.3 Å². The van der Waals surface area contributed by atoms with Crippen molar-refractivity contribution in [2.45, 2.75) is 24.4 Å². The number of amides is 1. The van der Waals surface area contributed by atoms with E-state index in [0.29, 0.717) is 48.6 Å². The van der Waals surface area contributed by atoms with Gasteiger partial charge < -0.3 is 28.4 Å². The van der Waals surface area contributed by atoms with Gasteiger partial charge in [-0.2, -0.15) is 0 Å². The van der Waals surface area contributed by atoms with E-state index in [0.717, 1.165) is 5.56 Å². The summed E-state index contributed by atoms with van der Waals surface area (Å²) in [6, 6.07) is 12.3. The molecule has 35 heavy (non-hydrogen) atoms. The summed E-state index contributed by atoms with van der Waals surface area (Å²) >= 11 is 0. The first kappa shape index (κ1) is 21.6. The third-order valence-corrected chi connectivity index (χ3v) is 6.16. The molecule has 0 radical (unpaired) electrons. The van der Waals surface area contributed by atoms with Crippen molar-refractivity contribution in [2.24, 2.45) is 0 Å². The number of hydrogen-bond donors (Lipinski definition) is 1. The smallest absolute Gasteiger partial charge is 0.412 e. The number of benzene rings is 2. The molecular weight excluding hydrogens is 458 g/mol. The highest BCUT2D eigenvalue weighted by atomic mass is 16.6. The van der Waals surface area contributed by atoms with E-state index in [4.69, 9.17) is 28.4 Å². The van der Waals surface area contributed by atoms with Gasteiger partial charge in [-0.1, -0.05) is 6.07 Å². The monoisotopic (exact) mass is 481 g/mol. The number of rotatable bonds is 5. The standard InChI is InChI=1S/C23H23N5O7/c1-30-15-4-2-3-14(10-15)24-23(29)35-19-12-34-20-16(11-33-21(19)20)28-22(25-26-27-28)13-5-6-17-18(9-13)32-8-7-31-17/h2-6,9-10,16,19-21H,7-8,11-12H2,1H3,(H,24,29)/t16-,19+,20+,21+/m0/s1. The maximum atomic E-state index is 12.5. The largest absolute Gasteiger partial charge is 0.497 e. The minimum absolute atomic E-state index is 0.207. The van der Waals surface area contributed by atoms with Crippen LogP contribution < -0.4 is 19.5 Å². The number of nitrogens with one attached hydrogen (secondary N) is 1. The van der Waals surface area contributed by atoms with Crippen molar-refractivity contribution < 1.29 is 33.2 Å². The summed E-state index contributed by atoms with van der Waals surface area (Å²) < 4.78 is 35.7. The molecule has 2 saturated heterocycles. The highest BCUT2D eigenvalue weighted by molar-refractivity contribution is 5.85. The van der Waals surface area contributed by atoms with Crippen molar-refractivity contribution in [1.82, 2.24) is 20.2 Å². The average molecular weight is 481 g/mol. The molecule has 2 aromatic carbocycles. The zero-order valence-electron chi connectivity index (χ0n) is 18.8. The molecule has 0 saturated carbocycles. The maximum absolute atomic E-state index is 12.5. The van der Waals surface area contributed by atoms with Gasteiger partial charge in [0.1, 0.15) is 37.2 Å². The van der Waals surface area contributed by atoms with Crippen molar-refractivity contribution in [3.63, 3.8) is 0 Å². The number of fused-ring (bicyclic) bond motifs is 2. The molecule has 2 fully saturated rings. The van der Waals surface area contributed by atoms with Gasteiger partial charge in [0.2, 0.25) is 0 Å². The van der Waals surface area contributed by atoms with Crippen LogP contribution in [0.15, 0.2) is 42.5 Å². The van der Waals surface area contributed by atoms with Crippen molar-refractivity contribution >= 4 is 11.8 Å². The van der Waals surface area contributed by atoms with Crippen LogP contribution in [0, 0.1) is 0 Å². The first-order valence-electron chi connectivity index (χ1n) is 11.2. The van der Waals surface area contributed by atoms with E-state index < -0.39 is 18.3 Å². The highest BCUT2D eigenvalue weighted by Crippen LogP contribution is 2.38. The van der Waals surface area contributed by atoms with Crippen LogP contribution in [-0.2, 0) is 14.2 Å². The molecule has 0 spiro atoms. The molecule has 1 aromatic heterocycles. The van der Waals surface area contributed by atoms with Crippen LogP contribution in [0.25, 0.3) is 11.4 Å². The lowest BCUT2D eigenvalue weighted by atomic mass is 10.1. The van der Waals surface area contributed by atoms with Gasteiger partial charge >= 0.3 is 6.09 Å². The second-order valence-corrected chi connectivity index (χ2v) is 8.27. The molecule has 12 heteroatoms. The molecule has 3 aromatic rings. The second-order valence-electron chi connectivity index (χ2n) is 8.27. The fourth-order valence-electron chi connectivity index (χ4n) is 4.53. The number of carbonyl (C=O) groups excluding carboxylic acids is 1. The number of methoxy groups -OCH3 is 1. The SMILES string of the molecule is COc1cccc(NC(=O)O[C@@H]2CO[C@H]3[C@@H]2OC[C@@H]3n2nnnc2-c2ccc3c(c2)OCCO3)c1. The summed E-state index contributed by atoms with van der Waals surface area (Å²) in [6.45, 7) is 1.53. The molecule has 1 N–H and O–H groups in total. The van der Waals surface area contributed by atoms with E-state index in [9.17, 15) is 4.79 Å². The van der Waals surface area contributed by atoms with Crippen LogP contribution >= 0.6 is 0 Å². The van der Waals surface area contributed by atoms with E-state index >= 15 is 0 Å². The minimum atomic E-state index is -0.598. The Morgan fingerprint density at radius 2 is 1.91 bits per heavy atom. The Bertz CT molecular complexity index is 1230. The molecular formula is C23H23N5O7. The summed E-state index contributed by atoms with van der Waals surface area (Å²) in [6.07, 6.45) is -1.97. The van der Waals surface area contributed by atoms with Crippen LogP contribution in [0.4, 0.5) is 10.5 Å². The van der Waals surface area contributed by atoms with Crippen LogP contribution in [0.1, 0.15) is 6.04 Å². The zero-order valence-corrected chi connectivity index (χ0v) is 18.8. The van der Waals surface area contributed by atoms with Crippen molar-refractivity contribution in [3.05, 3.63) is 42.5 Å². The maximum Gasteiger partial charge on any atom is 0.412 e. The molecule has 1 amide bonds. The number of hydrogen-bond acceptors (Lipinski definition) is 10. The molecule has 12 nitrogen and oxygen atoms in total. The predicted molar refractivity (Wildman–Crippen MR) is 120 cm³/mol. The summed E-state index contributed by atoms with van der Waals surface area (Å²) in [5.41, 5.74) is 1.35. The number of anilines is 1. The number of tetrazole rings is 1. The normalized spacial score (nSPS) is 24.6. The lowest BCUT2D eigenvalue weighted by molar-refractivity contribution is 0.00774. The van der Waals surface area contributed by atoms with Gasteiger partial charge in [-0.25, -0.2) is 9.48 Å². The predicted octanol–water partition coefficient (Wildman–Crippen LogP) is 2.08. The first-order chi connectivity index (χ1) is 17.2. The van der Waals surface area contributed by atoms with Crippen LogP contribution in [0.3, 0.4) is 0 Å². The van der Waals surface area contributed by atoms with E-state index in [-0.39, 0.29) is 18.8 Å². The summed E-state index contributed by atoms with van der Waals surface area (Å²) in [5.74, 6) is 2.52. The van der Waals surface area contributed by atoms with E-state index in [1.165, 1.54) is 0 Å². The summed E-state index contributed by atoms with van der Waals surface area (Å²) in [7, 11) is 1.56. The van der Waals surface area contributed by atoms with Crippen LogP contribution in [0.5, 0.6) is 17.2 Å². The van der Waals surface area contributed by atoms with Crippen molar-refractivity contribution in [3.8, 4) is 28.6 Å². The quantitative estimate of drug-likeness (QED) is 0.578. The Hall–Kier alpha value is -3.90. The summed E-state index contributed by atoms with van der Waals surface area (Å²) in [4.78, 5) is 12.5. The van der Waals surface area contributed by atoms with Gasteiger partial charge in [-0.15, -0.1) is 5.10 Å². The molecule has 0 bridgehead atoms. The third-order valence-electron chi connectivity index (χ3n) is 6.16. The number of ether oxygens (including phenoxy) is 6. The van der Waals surface area contributed by atoms with Crippen LogP contribution in [-0.4, -0.2) is 78.1 Å². The Labute approximate surface area is 200 Å². The second kappa shape index (κ2) is 9.04. The molecule has 4 heterocycles. The molecule has 0 unspecified atom stereocenters. The molecule has 182 valence electrons. The van der Waals surface area contributed by atoms with E-state index in [1.807, 2.05) is 18.2 Å². The number of nitrogens with zero attached hydrogens (tertiary/aromatic N) is 4. The Kier molecular flexibility index (Phi) is 5.58. The van der Waals surface area contributed by atoms with Gasteiger partial charge in [-0.3, -0.25) is 5.32 Å². The molecule has 6 rings (SSSR count). The van der Waals surface area contributed by atoms with Gasteiger partial charge in [0, 0.05) is 17.3 Å². The first-order valence-corrected chi connectivity index (χ1v) is 11.2. The van der Waals surface area contributed by atoms with Gasteiger partial charge in [-0.05, 0) is 40.8 Å². The lowest BCUT2D eigenvalue weighted by Gasteiger charge is -2.20.